The minimum absolute atomic E-state index is 0. The first-order chi connectivity index (χ1) is 12.5. The van der Waals surface area contributed by atoms with Gasteiger partial charge in [-0.3, -0.25) is 4.79 Å². The van der Waals surface area contributed by atoms with Crippen LogP contribution in [0.1, 0.15) is 42.7 Å². The van der Waals surface area contributed by atoms with E-state index in [2.05, 4.69) is 10.6 Å². The molecule has 2 N–H and O–H groups in total. The van der Waals surface area contributed by atoms with Gasteiger partial charge in [0, 0.05) is 24.9 Å². The minimum atomic E-state index is -0.847. The van der Waals surface area contributed by atoms with Crippen LogP contribution in [-0.2, 0) is 4.79 Å². The van der Waals surface area contributed by atoms with Crippen molar-refractivity contribution in [3.8, 4) is 0 Å². The van der Waals surface area contributed by atoms with Crippen molar-refractivity contribution in [2.24, 2.45) is 0 Å². The SMILES string of the molecule is CC(CC(=O)NC1CNCCC1c1ccc(F)c(F)c1)c1ccccc1.Cl. The van der Waals surface area contributed by atoms with Crippen LogP contribution in [0.25, 0.3) is 0 Å². The van der Waals surface area contributed by atoms with Crippen molar-refractivity contribution >= 4 is 18.3 Å². The van der Waals surface area contributed by atoms with Crippen LogP contribution in [0.2, 0.25) is 0 Å². The van der Waals surface area contributed by atoms with Crippen molar-refractivity contribution in [1.29, 1.82) is 0 Å². The quantitative estimate of drug-likeness (QED) is 0.800. The Hall–Kier alpha value is -1.98. The smallest absolute Gasteiger partial charge is 0.220 e. The summed E-state index contributed by atoms with van der Waals surface area (Å²) in [5.41, 5.74) is 1.85. The largest absolute Gasteiger partial charge is 0.351 e. The number of halogens is 3. The lowest BCUT2D eigenvalue weighted by Crippen LogP contribution is -2.50. The molecule has 1 fully saturated rings. The van der Waals surface area contributed by atoms with E-state index in [9.17, 15) is 13.6 Å². The number of carbonyl (C=O) groups is 1. The molecular weight excluding hydrogens is 370 g/mol. The van der Waals surface area contributed by atoms with E-state index >= 15 is 0 Å². The summed E-state index contributed by atoms with van der Waals surface area (Å²) in [6.07, 6.45) is 1.16. The third kappa shape index (κ3) is 5.50. The first kappa shape index (κ1) is 21.3. The summed E-state index contributed by atoms with van der Waals surface area (Å²) in [6.45, 7) is 3.44. The van der Waals surface area contributed by atoms with E-state index in [1.54, 1.807) is 6.07 Å². The molecule has 1 aliphatic rings. The lowest BCUT2D eigenvalue weighted by molar-refractivity contribution is -0.122. The zero-order valence-electron chi connectivity index (χ0n) is 15.3. The molecule has 0 aromatic heterocycles. The van der Waals surface area contributed by atoms with Crippen LogP contribution < -0.4 is 10.6 Å². The Bertz CT molecular complexity index is 757. The van der Waals surface area contributed by atoms with Gasteiger partial charge in [0.2, 0.25) is 5.91 Å². The second-order valence-corrected chi connectivity index (χ2v) is 6.96. The van der Waals surface area contributed by atoms with Crippen LogP contribution in [0.4, 0.5) is 8.78 Å². The molecule has 3 unspecified atom stereocenters. The minimum Gasteiger partial charge on any atom is -0.351 e. The van der Waals surface area contributed by atoms with Crippen molar-refractivity contribution in [3.63, 3.8) is 0 Å². The predicted octanol–water partition coefficient (Wildman–Crippen LogP) is 4.14. The van der Waals surface area contributed by atoms with Gasteiger partial charge < -0.3 is 10.6 Å². The highest BCUT2D eigenvalue weighted by molar-refractivity contribution is 5.85. The summed E-state index contributed by atoms with van der Waals surface area (Å²) < 4.78 is 26.8. The number of rotatable bonds is 5. The van der Waals surface area contributed by atoms with Crippen LogP contribution in [0.5, 0.6) is 0 Å². The molecule has 6 heteroatoms. The Kier molecular flexibility index (Phi) is 7.75. The number of carbonyl (C=O) groups excluding carboxylic acids is 1. The van der Waals surface area contributed by atoms with Crippen molar-refractivity contribution in [2.45, 2.75) is 37.6 Å². The second kappa shape index (κ2) is 9.81. The van der Waals surface area contributed by atoms with Crippen molar-refractivity contribution in [3.05, 3.63) is 71.3 Å². The van der Waals surface area contributed by atoms with E-state index in [1.807, 2.05) is 37.3 Å². The fourth-order valence-electron chi connectivity index (χ4n) is 3.60. The molecule has 3 rings (SSSR count). The average molecular weight is 395 g/mol. The molecule has 1 amide bonds. The number of piperidine rings is 1. The van der Waals surface area contributed by atoms with Crippen molar-refractivity contribution in [2.75, 3.05) is 13.1 Å². The number of amides is 1. The summed E-state index contributed by atoms with van der Waals surface area (Å²) in [4.78, 5) is 12.5. The Morgan fingerprint density at radius 2 is 1.93 bits per heavy atom. The van der Waals surface area contributed by atoms with E-state index in [0.29, 0.717) is 13.0 Å². The summed E-state index contributed by atoms with van der Waals surface area (Å²) in [5, 5.41) is 6.35. The van der Waals surface area contributed by atoms with Crippen LogP contribution in [-0.4, -0.2) is 25.0 Å². The van der Waals surface area contributed by atoms with Gasteiger partial charge in [-0.1, -0.05) is 43.3 Å². The lowest BCUT2D eigenvalue weighted by atomic mass is 9.85. The molecule has 1 heterocycles. The van der Waals surface area contributed by atoms with E-state index in [-0.39, 0.29) is 36.2 Å². The van der Waals surface area contributed by atoms with Crippen LogP contribution in [0.3, 0.4) is 0 Å². The molecule has 0 bridgehead atoms. The molecule has 0 radical (unpaired) electrons. The van der Waals surface area contributed by atoms with E-state index < -0.39 is 11.6 Å². The van der Waals surface area contributed by atoms with Gasteiger partial charge in [0.25, 0.3) is 0 Å². The predicted molar refractivity (Wildman–Crippen MR) is 105 cm³/mol. The van der Waals surface area contributed by atoms with Crippen LogP contribution in [0.15, 0.2) is 48.5 Å². The van der Waals surface area contributed by atoms with Crippen molar-refractivity contribution in [1.82, 2.24) is 10.6 Å². The standard InChI is InChI=1S/C21H24F2N2O.ClH/c1-14(15-5-3-2-4-6-15)11-21(26)25-20-13-24-10-9-17(20)16-7-8-18(22)19(23)12-16;/h2-8,12,14,17,20,24H,9-11,13H2,1H3,(H,25,26);1H. The normalized spacial score (nSPS) is 20.4. The first-order valence-corrected chi connectivity index (χ1v) is 9.04. The van der Waals surface area contributed by atoms with Crippen LogP contribution in [0, 0.1) is 11.6 Å². The Morgan fingerprint density at radius 3 is 2.63 bits per heavy atom. The van der Waals surface area contributed by atoms with Gasteiger partial charge in [-0.2, -0.15) is 0 Å². The molecule has 1 saturated heterocycles. The van der Waals surface area contributed by atoms with Gasteiger partial charge in [-0.25, -0.2) is 8.78 Å². The first-order valence-electron chi connectivity index (χ1n) is 9.04. The summed E-state index contributed by atoms with van der Waals surface area (Å²) in [6, 6.07) is 13.8. The van der Waals surface area contributed by atoms with Crippen LogP contribution >= 0.6 is 12.4 Å². The number of hydrogen-bond donors (Lipinski definition) is 2. The number of hydrogen-bond acceptors (Lipinski definition) is 2. The molecular formula is C21H25ClF2N2O. The van der Waals surface area contributed by atoms with Gasteiger partial charge >= 0.3 is 0 Å². The van der Waals surface area contributed by atoms with Gasteiger partial charge in [0.05, 0.1) is 0 Å². The molecule has 3 nitrogen and oxygen atoms in total. The van der Waals surface area contributed by atoms with Gasteiger partial charge in [-0.15, -0.1) is 12.4 Å². The highest BCUT2D eigenvalue weighted by Crippen LogP contribution is 2.27. The number of benzene rings is 2. The second-order valence-electron chi connectivity index (χ2n) is 6.96. The van der Waals surface area contributed by atoms with Gasteiger partial charge in [-0.05, 0) is 42.1 Å². The third-order valence-corrected chi connectivity index (χ3v) is 5.06. The zero-order valence-corrected chi connectivity index (χ0v) is 16.1. The molecule has 0 saturated carbocycles. The maximum Gasteiger partial charge on any atom is 0.220 e. The fraction of sp³-hybridized carbons (Fsp3) is 0.381. The summed E-state index contributed by atoms with van der Waals surface area (Å²) in [7, 11) is 0. The summed E-state index contributed by atoms with van der Waals surface area (Å²) >= 11 is 0. The molecule has 1 aliphatic heterocycles. The topological polar surface area (TPSA) is 41.1 Å². The lowest BCUT2D eigenvalue weighted by Gasteiger charge is -2.33. The van der Waals surface area contributed by atoms with E-state index in [1.165, 1.54) is 6.07 Å². The molecule has 27 heavy (non-hydrogen) atoms. The molecule has 2 aromatic rings. The molecule has 0 aliphatic carbocycles. The van der Waals surface area contributed by atoms with Gasteiger partial charge in [0.1, 0.15) is 0 Å². The van der Waals surface area contributed by atoms with Gasteiger partial charge in [0.15, 0.2) is 11.6 Å². The average Bonchev–Trinajstić information content (AvgIpc) is 2.65. The van der Waals surface area contributed by atoms with E-state index in [0.717, 1.165) is 30.2 Å². The highest BCUT2D eigenvalue weighted by Gasteiger charge is 2.28. The molecule has 2 aromatic carbocycles. The maximum atomic E-state index is 13.6. The summed E-state index contributed by atoms with van der Waals surface area (Å²) in [5.74, 6) is -1.62. The zero-order chi connectivity index (χ0) is 18.5. The van der Waals surface area contributed by atoms with Crippen molar-refractivity contribution < 1.29 is 13.6 Å². The Morgan fingerprint density at radius 1 is 1.19 bits per heavy atom. The molecule has 146 valence electrons. The molecule has 3 atom stereocenters. The monoisotopic (exact) mass is 394 g/mol. The third-order valence-electron chi connectivity index (χ3n) is 5.06. The Labute approximate surface area is 165 Å². The fourth-order valence-corrected chi connectivity index (χ4v) is 3.60. The number of nitrogens with one attached hydrogen (secondary N) is 2. The Balaban J connectivity index is 0.00000261. The van der Waals surface area contributed by atoms with E-state index in [4.69, 9.17) is 0 Å². The maximum absolute atomic E-state index is 13.6. The highest BCUT2D eigenvalue weighted by atomic mass is 35.5. The molecule has 0 spiro atoms.